The molecule has 7 nitrogen and oxygen atoms in total. The van der Waals surface area contributed by atoms with E-state index in [9.17, 15) is 9.59 Å². The molecular weight excluding hydrogens is 457 g/mol. The Balaban J connectivity index is 1.62. The quantitative estimate of drug-likeness (QED) is 0.397. The number of nitrogens with zero attached hydrogens (tertiary/aromatic N) is 2. The summed E-state index contributed by atoms with van der Waals surface area (Å²) < 4.78 is 0. The van der Waals surface area contributed by atoms with Gasteiger partial charge in [0.2, 0.25) is 11.1 Å². The third kappa shape index (κ3) is 6.46. The maximum Gasteiger partial charge on any atom is 0.253 e. The second-order valence-electron chi connectivity index (χ2n) is 7.03. The van der Waals surface area contributed by atoms with Gasteiger partial charge in [0.15, 0.2) is 0 Å². The maximum absolute atomic E-state index is 12.7. The van der Waals surface area contributed by atoms with Gasteiger partial charge < -0.3 is 10.6 Å². The third-order valence-electron chi connectivity index (χ3n) is 4.30. The molecule has 1 aromatic heterocycles. The summed E-state index contributed by atoms with van der Waals surface area (Å²) in [4.78, 5) is 29.3. The van der Waals surface area contributed by atoms with Gasteiger partial charge in [0, 0.05) is 10.7 Å². The van der Waals surface area contributed by atoms with Crippen LogP contribution in [0.15, 0.2) is 53.7 Å². The van der Waals surface area contributed by atoms with Crippen LogP contribution in [0.3, 0.4) is 0 Å². The van der Waals surface area contributed by atoms with Crippen molar-refractivity contribution in [1.82, 2.24) is 20.5 Å². The van der Waals surface area contributed by atoms with E-state index in [0.29, 0.717) is 21.6 Å². The highest BCUT2D eigenvalue weighted by Crippen LogP contribution is 2.25. The molecule has 0 saturated heterocycles. The Kier molecular flexibility index (Phi) is 7.95. The first-order valence-electron chi connectivity index (χ1n) is 9.49. The summed E-state index contributed by atoms with van der Waals surface area (Å²) in [5, 5.41) is 13.9. The average Bonchev–Trinajstić information content (AvgIpc) is 3.19. The lowest BCUT2D eigenvalue weighted by molar-refractivity contribution is -0.113. The molecule has 0 aliphatic heterocycles. The van der Waals surface area contributed by atoms with Crippen LogP contribution in [0.2, 0.25) is 10.0 Å². The van der Waals surface area contributed by atoms with E-state index in [1.807, 2.05) is 44.2 Å². The molecule has 2 amide bonds. The van der Waals surface area contributed by atoms with Gasteiger partial charge in [0.25, 0.3) is 5.91 Å². The molecule has 1 atom stereocenters. The summed E-state index contributed by atoms with van der Waals surface area (Å²) in [6.45, 7) is 3.91. The first-order valence-corrected chi connectivity index (χ1v) is 11.2. The number of hydrogen-bond donors (Lipinski definition) is 3. The lowest BCUT2D eigenvalue weighted by Crippen LogP contribution is -2.32. The van der Waals surface area contributed by atoms with Crippen LogP contribution in [0.25, 0.3) is 0 Å². The molecule has 3 aromatic rings. The van der Waals surface area contributed by atoms with Crippen LogP contribution in [0.4, 0.5) is 5.69 Å². The smallest absolute Gasteiger partial charge is 0.253 e. The number of benzene rings is 2. The van der Waals surface area contributed by atoms with Crippen molar-refractivity contribution >= 4 is 52.5 Å². The van der Waals surface area contributed by atoms with Gasteiger partial charge in [0.05, 0.1) is 22.4 Å². The largest absolute Gasteiger partial charge is 0.342 e. The fraction of sp³-hybridized carbons (Fsp3) is 0.238. The molecule has 0 saturated carbocycles. The molecule has 1 heterocycles. The molecule has 0 aliphatic rings. The van der Waals surface area contributed by atoms with E-state index in [-0.39, 0.29) is 28.5 Å². The Morgan fingerprint density at radius 3 is 2.55 bits per heavy atom. The van der Waals surface area contributed by atoms with E-state index < -0.39 is 6.04 Å². The molecule has 0 radical (unpaired) electrons. The zero-order chi connectivity index (χ0) is 22.4. The zero-order valence-corrected chi connectivity index (χ0v) is 19.2. The van der Waals surface area contributed by atoms with Crippen molar-refractivity contribution in [3.63, 3.8) is 0 Å². The molecule has 10 heteroatoms. The summed E-state index contributed by atoms with van der Waals surface area (Å²) in [5.74, 6) is 0.189. The summed E-state index contributed by atoms with van der Waals surface area (Å²) in [7, 11) is 0. The molecular formula is C21H21Cl2N5O2S. The normalized spacial score (nSPS) is 11.9. The molecule has 3 rings (SSSR count). The van der Waals surface area contributed by atoms with Gasteiger partial charge >= 0.3 is 0 Å². The average molecular weight is 478 g/mol. The number of H-pyrrole nitrogens is 1. The molecule has 0 aliphatic carbocycles. The second-order valence-corrected chi connectivity index (χ2v) is 8.81. The molecule has 0 bridgehead atoms. The van der Waals surface area contributed by atoms with Gasteiger partial charge in [0.1, 0.15) is 5.82 Å². The Hall–Kier alpha value is -2.55. The first kappa shape index (κ1) is 23.1. The molecule has 0 fully saturated rings. The summed E-state index contributed by atoms with van der Waals surface area (Å²) >= 11 is 13.3. The summed E-state index contributed by atoms with van der Waals surface area (Å²) in [6.07, 6.45) is 0. The van der Waals surface area contributed by atoms with Gasteiger partial charge in [-0.1, -0.05) is 67.0 Å². The number of hydrogen-bond acceptors (Lipinski definition) is 5. The standard InChI is InChI=1S/C21H21Cl2N5O2S/c1-12(2)18(25-20(30)15-9-8-13(22)10-16(15)23)19-26-21(28-27-19)31-11-17(29)24-14-6-4-3-5-7-14/h3-10,12,18H,11H2,1-2H3,(H,24,29)(H,25,30)(H,26,27,28)/t18-/m0/s1. The Bertz CT molecular complexity index is 1060. The lowest BCUT2D eigenvalue weighted by Gasteiger charge is -2.20. The number of rotatable bonds is 8. The van der Waals surface area contributed by atoms with E-state index in [4.69, 9.17) is 23.2 Å². The minimum atomic E-state index is -0.417. The molecule has 0 unspecified atom stereocenters. The SMILES string of the molecule is CC(C)[C@H](NC(=O)c1ccc(Cl)cc1Cl)c1nc(SCC(=O)Nc2ccccc2)n[nH]1. The first-order chi connectivity index (χ1) is 14.8. The Labute approximate surface area is 194 Å². The molecule has 2 aromatic carbocycles. The highest BCUT2D eigenvalue weighted by Gasteiger charge is 2.24. The van der Waals surface area contributed by atoms with Crippen molar-refractivity contribution in [2.75, 3.05) is 11.1 Å². The van der Waals surface area contributed by atoms with Crippen LogP contribution in [-0.2, 0) is 4.79 Å². The number of halogens is 2. The van der Waals surface area contributed by atoms with Gasteiger partial charge in [-0.3, -0.25) is 14.7 Å². The zero-order valence-electron chi connectivity index (χ0n) is 16.9. The van der Waals surface area contributed by atoms with Crippen LogP contribution in [0, 0.1) is 5.92 Å². The second kappa shape index (κ2) is 10.7. The van der Waals surface area contributed by atoms with Gasteiger partial charge in [-0.15, -0.1) is 5.10 Å². The predicted octanol–water partition coefficient (Wildman–Crippen LogP) is 4.97. The van der Waals surface area contributed by atoms with Crippen LogP contribution in [-0.4, -0.2) is 32.7 Å². The summed E-state index contributed by atoms with van der Waals surface area (Å²) in [5.41, 5.74) is 1.05. The fourth-order valence-electron chi connectivity index (χ4n) is 2.75. The van der Waals surface area contributed by atoms with E-state index in [1.54, 1.807) is 12.1 Å². The van der Waals surface area contributed by atoms with Crippen LogP contribution in [0.1, 0.15) is 36.1 Å². The monoisotopic (exact) mass is 477 g/mol. The van der Waals surface area contributed by atoms with E-state index >= 15 is 0 Å². The number of anilines is 1. The van der Waals surface area contributed by atoms with Crippen molar-refractivity contribution in [2.24, 2.45) is 5.92 Å². The molecule has 162 valence electrons. The van der Waals surface area contributed by atoms with Crippen molar-refractivity contribution < 1.29 is 9.59 Å². The maximum atomic E-state index is 12.7. The number of para-hydroxylation sites is 1. The molecule has 3 N–H and O–H groups in total. The van der Waals surface area contributed by atoms with Crippen molar-refractivity contribution in [2.45, 2.75) is 25.0 Å². The highest BCUT2D eigenvalue weighted by atomic mass is 35.5. The fourth-order valence-corrected chi connectivity index (χ4v) is 3.85. The van der Waals surface area contributed by atoms with Gasteiger partial charge in [-0.05, 0) is 36.2 Å². The van der Waals surface area contributed by atoms with Crippen molar-refractivity contribution in [3.05, 3.63) is 70.0 Å². The number of nitrogens with one attached hydrogen (secondary N) is 3. The Morgan fingerprint density at radius 1 is 1.13 bits per heavy atom. The lowest BCUT2D eigenvalue weighted by atomic mass is 10.0. The minimum absolute atomic E-state index is 0.0298. The van der Waals surface area contributed by atoms with E-state index in [0.717, 1.165) is 5.69 Å². The van der Waals surface area contributed by atoms with Crippen LogP contribution < -0.4 is 10.6 Å². The number of carbonyl (C=O) groups is 2. The number of carbonyl (C=O) groups excluding carboxylic acids is 2. The third-order valence-corrected chi connectivity index (χ3v) is 5.69. The van der Waals surface area contributed by atoms with Gasteiger partial charge in [-0.25, -0.2) is 4.98 Å². The Morgan fingerprint density at radius 2 is 1.87 bits per heavy atom. The number of aromatic nitrogens is 3. The van der Waals surface area contributed by atoms with E-state index in [2.05, 4.69) is 25.8 Å². The number of aromatic amines is 1. The minimum Gasteiger partial charge on any atom is -0.342 e. The number of amides is 2. The highest BCUT2D eigenvalue weighted by molar-refractivity contribution is 7.99. The van der Waals surface area contributed by atoms with Gasteiger partial charge in [-0.2, -0.15) is 0 Å². The van der Waals surface area contributed by atoms with Crippen LogP contribution >= 0.6 is 35.0 Å². The predicted molar refractivity (Wildman–Crippen MR) is 124 cm³/mol. The topological polar surface area (TPSA) is 99.8 Å². The van der Waals surface area contributed by atoms with Crippen molar-refractivity contribution in [1.29, 1.82) is 0 Å². The summed E-state index contributed by atoms with van der Waals surface area (Å²) in [6, 6.07) is 13.5. The molecule has 31 heavy (non-hydrogen) atoms. The number of thioether (sulfide) groups is 1. The van der Waals surface area contributed by atoms with E-state index in [1.165, 1.54) is 17.8 Å². The molecule has 0 spiro atoms. The van der Waals surface area contributed by atoms with Crippen molar-refractivity contribution in [3.8, 4) is 0 Å². The van der Waals surface area contributed by atoms with Crippen LogP contribution in [0.5, 0.6) is 0 Å².